The molecule has 0 unspecified atom stereocenters. The van der Waals surface area contributed by atoms with Gasteiger partial charge in [0.25, 0.3) is 0 Å². The number of fused-ring (bicyclic) bond motifs is 5. The summed E-state index contributed by atoms with van der Waals surface area (Å²) in [4.78, 5) is 18.1. The van der Waals surface area contributed by atoms with Crippen LogP contribution < -0.4 is 10.2 Å². The summed E-state index contributed by atoms with van der Waals surface area (Å²) in [6, 6.07) is 14.4. The molecule has 138 valence electrons. The summed E-state index contributed by atoms with van der Waals surface area (Å²) in [5.41, 5.74) is 3.52. The van der Waals surface area contributed by atoms with Gasteiger partial charge < -0.3 is 10.2 Å². The van der Waals surface area contributed by atoms with Crippen LogP contribution in [-0.2, 0) is 0 Å². The molecule has 0 atom stereocenters. The molecule has 1 N–H and O–H groups in total. The van der Waals surface area contributed by atoms with Gasteiger partial charge in [0.15, 0.2) is 5.82 Å². The fourth-order valence-electron chi connectivity index (χ4n) is 3.31. The molecule has 4 heterocycles. The van der Waals surface area contributed by atoms with Crippen molar-refractivity contribution in [1.29, 1.82) is 0 Å². The Hall–Kier alpha value is -3.81. The second-order valence-corrected chi connectivity index (χ2v) is 6.10. The molecule has 1 aromatic carbocycles. The van der Waals surface area contributed by atoms with Crippen molar-refractivity contribution in [1.82, 2.24) is 19.7 Å². The van der Waals surface area contributed by atoms with Crippen molar-refractivity contribution in [2.24, 2.45) is 0 Å². The Morgan fingerprint density at radius 2 is 1.82 bits per heavy atom. The lowest BCUT2D eigenvalue weighted by atomic mass is 10.1. The van der Waals surface area contributed by atoms with Crippen LogP contribution in [-0.4, -0.2) is 26.3 Å². The van der Waals surface area contributed by atoms with Crippen molar-refractivity contribution >= 4 is 11.5 Å². The molecule has 0 fully saturated rings. The fraction of sp³-hybridized carbons (Fsp3) is 0.0500. The van der Waals surface area contributed by atoms with Crippen molar-refractivity contribution in [3.63, 3.8) is 0 Å². The molecule has 0 amide bonds. The largest absolute Gasteiger partial charge is 0.405 e. The molecule has 0 spiro atoms. The van der Waals surface area contributed by atoms with Crippen molar-refractivity contribution in [3.8, 4) is 33.9 Å². The Kier molecular flexibility index (Phi) is 3.75. The van der Waals surface area contributed by atoms with Gasteiger partial charge >= 0.3 is 6.61 Å². The molecule has 0 aliphatic carbocycles. The average molecular weight is 377 g/mol. The van der Waals surface area contributed by atoms with Crippen LogP contribution in [0, 0.1) is 0 Å². The number of hydrogen-bond donors (Lipinski definition) is 1. The van der Waals surface area contributed by atoms with E-state index in [9.17, 15) is 8.78 Å². The summed E-state index contributed by atoms with van der Waals surface area (Å²) < 4.78 is 27.7. The van der Waals surface area contributed by atoms with Crippen molar-refractivity contribution < 1.29 is 13.6 Å². The Balaban J connectivity index is 1.88. The predicted octanol–water partition coefficient (Wildman–Crippen LogP) is 4.38. The average Bonchev–Trinajstić information content (AvgIpc) is 3.00. The van der Waals surface area contributed by atoms with Crippen LogP contribution in [0.4, 0.5) is 20.3 Å². The predicted molar refractivity (Wildman–Crippen MR) is 100.0 cm³/mol. The molecule has 6 nitrogen and oxygen atoms in total. The van der Waals surface area contributed by atoms with E-state index in [-0.39, 0.29) is 5.82 Å². The quantitative estimate of drug-likeness (QED) is 0.505. The minimum absolute atomic E-state index is 0.283. The summed E-state index contributed by atoms with van der Waals surface area (Å²) in [5.74, 6) is 0.849. The van der Waals surface area contributed by atoms with E-state index in [0.717, 1.165) is 4.73 Å². The molecule has 1 aliphatic rings. The first-order valence-electron chi connectivity index (χ1n) is 8.52. The van der Waals surface area contributed by atoms with E-state index in [1.807, 2.05) is 24.3 Å². The lowest BCUT2D eigenvalue weighted by Gasteiger charge is -2.14. The highest BCUT2D eigenvalue weighted by atomic mass is 19.3. The Bertz CT molecular complexity index is 1160. The lowest BCUT2D eigenvalue weighted by molar-refractivity contribution is -0.129. The Morgan fingerprint density at radius 1 is 0.964 bits per heavy atom. The minimum Gasteiger partial charge on any atom is -0.342 e. The standard InChI is InChI=1S/C20H13F2N5O/c21-20(22)28-27-17-13-8-10-23-11-15(13)25-18-14(7-4-9-24-18)16(17)26-19(27)12-5-2-1-3-6-12/h1-11,20H,(H,24,25). The number of alkyl halides is 2. The minimum atomic E-state index is -3.02. The van der Waals surface area contributed by atoms with Gasteiger partial charge in [-0.1, -0.05) is 30.3 Å². The van der Waals surface area contributed by atoms with Crippen LogP contribution in [0.2, 0.25) is 0 Å². The third-order valence-corrected chi connectivity index (χ3v) is 4.45. The summed E-state index contributed by atoms with van der Waals surface area (Å²) in [7, 11) is 0. The van der Waals surface area contributed by atoms with Crippen LogP contribution in [0.1, 0.15) is 0 Å². The van der Waals surface area contributed by atoms with E-state index in [0.29, 0.717) is 39.6 Å². The molecule has 28 heavy (non-hydrogen) atoms. The van der Waals surface area contributed by atoms with E-state index in [1.165, 1.54) is 0 Å². The molecule has 8 heteroatoms. The first kappa shape index (κ1) is 16.4. The van der Waals surface area contributed by atoms with Gasteiger partial charge in [-0.05, 0) is 18.2 Å². The second-order valence-electron chi connectivity index (χ2n) is 6.10. The van der Waals surface area contributed by atoms with Crippen molar-refractivity contribution in [2.45, 2.75) is 6.61 Å². The first-order valence-corrected chi connectivity index (χ1v) is 8.52. The van der Waals surface area contributed by atoms with E-state index >= 15 is 0 Å². The maximum atomic E-state index is 13.3. The number of rotatable bonds is 3. The normalized spacial score (nSPS) is 11.8. The van der Waals surface area contributed by atoms with Crippen LogP contribution in [0.25, 0.3) is 33.9 Å². The molecule has 5 rings (SSSR count). The van der Waals surface area contributed by atoms with Gasteiger partial charge in [0.1, 0.15) is 17.2 Å². The molecular formula is C20H13F2N5O. The van der Waals surface area contributed by atoms with Crippen LogP contribution >= 0.6 is 0 Å². The molecule has 0 saturated carbocycles. The van der Waals surface area contributed by atoms with Gasteiger partial charge in [-0.15, -0.1) is 0 Å². The molecular weight excluding hydrogens is 364 g/mol. The molecule has 0 saturated heterocycles. The summed E-state index contributed by atoms with van der Waals surface area (Å²) >= 11 is 0. The third-order valence-electron chi connectivity index (χ3n) is 4.45. The van der Waals surface area contributed by atoms with Gasteiger partial charge in [0, 0.05) is 29.1 Å². The van der Waals surface area contributed by atoms with E-state index in [4.69, 9.17) is 4.84 Å². The summed E-state index contributed by atoms with van der Waals surface area (Å²) in [6.45, 7) is -3.02. The van der Waals surface area contributed by atoms with Crippen molar-refractivity contribution in [2.75, 3.05) is 5.32 Å². The number of nitrogens with zero attached hydrogens (tertiary/aromatic N) is 4. The topological polar surface area (TPSA) is 64.9 Å². The monoisotopic (exact) mass is 377 g/mol. The molecule has 0 radical (unpaired) electrons. The van der Waals surface area contributed by atoms with Crippen LogP contribution in [0.15, 0.2) is 67.1 Å². The number of nitrogens with one attached hydrogen (secondary N) is 1. The number of benzene rings is 1. The van der Waals surface area contributed by atoms with Gasteiger partial charge in [-0.3, -0.25) is 4.98 Å². The number of hydrogen-bond acceptors (Lipinski definition) is 5. The summed E-state index contributed by atoms with van der Waals surface area (Å²) in [6.07, 6.45) is 4.86. The Labute approximate surface area is 158 Å². The van der Waals surface area contributed by atoms with Gasteiger partial charge in [0.05, 0.1) is 11.9 Å². The zero-order valence-electron chi connectivity index (χ0n) is 14.4. The zero-order valence-corrected chi connectivity index (χ0v) is 14.4. The molecule has 0 bridgehead atoms. The maximum absolute atomic E-state index is 13.3. The van der Waals surface area contributed by atoms with E-state index in [1.54, 1.807) is 42.9 Å². The smallest absolute Gasteiger partial charge is 0.342 e. The van der Waals surface area contributed by atoms with Gasteiger partial charge in [-0.25, -0.2) is 9.97 Å². The van der Waals surface area contributed by atoms with Crippen LogP contribution in [0.5, 0.6) is 0 Å². The number of aromatic nitrogens is 4. The number of pyridine rings is 2. The van der Waals surface area contributed by atoms with E-state index in [2.05, 4.69) is 20.3 Å². The highest BCUT2D eigenvalue weighted by molar-refractivity contribution is 5.95. The van der Waals surface area contributed by atoms with Gasteiger partial charge in [0.2, 0.25) is 0 Å². The SMILES string of the molecule is FC(F)On1c(-c2ccccc2)nc2c1-c1ccncc1Nc1ncccc1-2. The van der Waals surface area contributed by atoms with Gasteiger partial charge in [-0.2, -0.15) is 13.5 Å². The third kappa shape index (κ3) is 2.58. The molecule has 1 aliphatic heterocycles. The highest BCUT2D eigenvalue weighted by Crippen LogP contribution is 2.44. The van der Waals surface area contributed by atoms with Crippen LogP contribution in [0.3, 0.4) is 0 Å². The highest BCUT2D eigenvalue weighted by Gasteiger charge is 2.29. The molecule has 3 aromatic heterocycles. The number of imidazole rings is 1. The summed E-state index contributed by atoms with van der Waals surface area (Å²) in [5, 5.41) is 3.21. The second kappa shape index (κ2) is 6.41. The lowest BCUT2D eigenvalue weighted by Crippen LogP contribution is -2.19. The fourth-order valence-corrected chi connectivity index (χ4v) is 3.31. The molecule has 4 aromatic rings. The zero-order chi connectivity index (χ0) is 19.1. The number of halogens is 2. The van der Waals surface area contributed by atoms with Crippen molar-refractivity contribution in [3.05, 3.63) is 67.1 Å². The Morgan fingerprint density at radius 3 is 2.64 bits per heavy atom. The maximum Gasteiger partial charge on any atom is 0.405 e. The first-order chi connectivity index (χ1) is 13.7. The number of anilines is 2. The van der Waals surface area contributed by atoms with E-state index < -0.39 is 6.61 Å².